The van der Waals surface area contributed by atoms with E-state index in [2.05, 4.69) is 15.3 Å². The van der Waals surface area contributed by atoms with Crippen molar-refractivity contribution in [1.29, 1.82) is 0 Å². The molecule has 0 spiro atoms. The van der Waals surface area contributed by atoms with E-state index in [1.165, 1.54) is 12.3 Å². The molecule has 1 heterocycles. The maximum Gasteiger partial charge on any atom is 0.405 e. The number of nitrogens with one attached hydrogen (secondary N) is 2. The molecule has 0 atom stereocenters. The fraction of sp³-hybridized carbons (Fsp3) is 0.250. The minimum Gasteiger partial charge on any atom is -0.465 e. The van der Waals surface area contributed by atoms with Crippen molar-refractivity contribution in [3.63, 3.8) is 0 Å². The Morgan fingerprint density at radius 3 is 2.81 bits per heavy atom. The Morgan fingerprint density at radius 2 is 2.19 bits per heavy atom. The van der Waals surface area contributed by atoms with Gasteiger partial charge in [0.15, 0.2) is 0 Å². The molecule has 0 bridgehead atoms. The molecule has 16 heavy (non-hydrogen) atoms. The third-order valence-electron chi connectivity index (χ3n) is 1.57. The van der Waals surface area contributed by atoms with Gasteiger partial charge in [0.25, 0.3) is 0 Å². The van der Waals surface area contributed by atoms with Crippen LogP contribution in [0, 0.1) is 0 Å². The molecule has 1 rings (SSSR count). The topological polar surface area (TPSA) is 130 Å². The Labute approximate surface area is 90.9 Å². The van der Waals surface area contributed by atoms with Crippen LogP contribution in [0.4, 0.5) is 10.6 Å². The zero-order chi connectivity index (χ0) is 12.0. The second kappa shape index (κ2) is 5.49. The van der Waals surface area contributed by atoms with Crippen LogP contribution in [0.2, 0.25) is 0 Å². The number of carbonyl (C=O) groups excluding carboxylic acids is 1. The highest BCUT2D eigenvalue weighted by molar-refractivity contribution is 5.81. The van der Waals surface area contributed by atoms with Gasteiger partial charge < -0.3 is 21.5 Å². The lowest BCUT2D eigenvalue weighted by Crippen LogP contribution is -2.36. The summed E-state index contributed by atoms with van der Waals surface area (Å²) in [6.07, 6.45) is 0.217. The molecule has 2 amide bonds. The number of rotatable bonds is 4. The monoisotopic (exact) mass is 225 g/mol. The molecule has 0 aliphatic carbocycles. The SMILES string of the molecule is Nc1ccnc(CNC(=O)CNC(=O)O)n1. The van der Waals surface area contributed by atoms with E-state index in [9.17, 15) is 9.59 Å². The highest BCUT2D eigenvalue weighted by Crippen LogP contribution is 1.94. The molecule has 0 unspecified atom stereocenters. The van der Waals surface area contributed by atoms with Gasteiger partial charge in [-0.3, -0.25) is 4.79 Å². The number of anilines is 1. The van der Waals surface area contributed by atoms with E-state index in [1.54, 1.807) is 0 Å². The number of nitrogen functional groups attached to an aromatic ring is 1. The van der Waals surface area contributed by atoms with Crippen molar-refractivity contribution in [3.8, 4) is 0 Å². The first-order chi connectivity index (χ1) is 7.58. The van der Waals surface area contributed by atoms with Crippen LogP contribution in [0.25, 0.3) is 0 Å². The smallest absolute Gasteiger partial charge is 0.405 e. The van der Waals surface area contributed by atoms with E-state index >= 15 is 0 Å². The third-order valence-corrected chi connectivity index (χ3v) is 1.57. The maximum atomic E-state index is 11.1. The number of nitrogens with zero attached hydrogens (tertiary/aromatic N) is 2. The summed E-state index contributed by atoms with van der Waals surface area (Å²) in [7, 11) is 0. The largest absolute Gasteiger partial charge is 0.465 e. The summed E-state index contributed by atoms with van der Waals surface area (Å²) in [4.78, 5) is 28.9. The van der Waals surface area contributed by atoms with Crippen LogP contribution in [0.1, 0.15) is 5.82 Å². The highest BCUT2D eigenvalue weighted by atomic mass is 16.4. The Hall–Kier alpha value is -2.38. The molecule has 1 aromatic rings. The highest BCUT2D eigenvalue weighted by Gasteiger charge is 2.04. The van der Waals surface area contributed by atoms with Gasteiger partial charge in [0.1, 0.15) is 11.6 Å². The number of aromatic nitrogens is 2. The number of hydrogen-bond acceptors (Lipinski definition) is 5. The second-order valence-corrected chi connectivity index (χ2v) is 2.83. The molecule has 8 nitrogen and oxygen atoms in total. The molecule has 0 saturated heterocycles. The van der Waals surface area contributed by atoms with Crippen LogP contribution in [0.3, 0.4) is 0 Å². The van der Waals surface area contributed by atoms with Gasteiger partial charge in [-0.15, -0.1) is 0 Å². The number of amides is 2. The lowest BCUT2D eigenvalue weighted by atomic mass is 10.5. The van der Waals surface area contributed by atoms with Crippen LogP contribution in [0.5, 0.6) is 0 Å². The molecule has 8 heteroatoms. The summed E-state index contributed by atoms with van der Waals surface area (Å²) in [6.45, 7) is -0.206. The van der Waals surface area contributed by atoms with E-state index in [-0.39, 0.29) is 13.1 Å². The Morgan fingerprint density at radius 1 is 1.44 bits per heavy atom. The van der Waals surface area contributed by atoms with E-state index < -0.39 is 12.0 Å². The third kappa shape index (κ3) is 4.22. The average Bonchev–Trinajstić information content (AvgIpc) is 2.23. The van der Waals surface area contributed by atoms with Crippen molar-refractivity contribution in [2.24, 2.45) is 0 Å². The molecule has 0 aliphatic rings. The van der Waals surface area contributed by atoms with Crippen LogP contribution in [-0.4, -0.2) is 33.6 Å². The molecule has 0 aromatic carbocycles. The first-order valence-electron chi connectivity index (χ1n) is 4.39. The Kier molecular flexibility index (Phi) is 4.01. The predicted molar refractivity (Wildman–Crippen MR) is 54.3 cm³/mol. The number of carbonyl (C=O) groups is 2. The average molecular weight is 225 g/mol. The first-order valence-corrected chi connectivity index (χ1v) is 4.39. The van der Waals surface area contributed by atoms with Gasteiger partial charge in [0.2, 0.25) is 5.91 Å². The minimum absolute atomic E-state index is 0.102. The van der Waals surface area contributed by atoms with Gasteiger partial charge >= 0.3 is 6.09 Å². The second-order valence-electron chi connectivity index (χ2n) is 2.83. The van der Waals surface area contributed by atoms with Crippen molar-refractivity contribution in [2.75, 3.05) is 12.3 Å². The molecule has 1 aromatic heterocycles. The van der Waals surface area contributed by atoms with Crippen molar-refractivity contribution in [3.05, 3.63) is 18.1 Å². The van der Waals surface area contributed by atoms with Gasteiger partial charge in [-0.1, -0.05) is 0 Å². The van der Waals surface area contributed by atoms with Gasteiger partial charge in [-0.25, -0.2) is 14.8 Å². The van der Waals surface area contributed by atoms with Crippen LogP contribution in [0.15, 0.2) is 12.3 Å². The standard InChI is InChI=1S/C8H11N5O3/c9-5-1-2-10-6(13-5)3-11-7(14)4-12-8(15)16/h1-2,12H,3-4H2,(H,11,14)(H,15,16)(H2,9,10,13). The summed E-state index contributed by atoms with van der Waals surface area (Å²) in [5, 5.41) is 12.6. The number of carboxylic acid groups (broad SMARTS) is 1. The van der Waals surface area contributed by atoms with Crippen LogP contribution < -0.4 is 16.4 Å². The number of nitrogens with two attached hydrogens (primary N) is 1. The predicted octanol–water partition coefficient (Wildman–Crippen LogP) is -1.06. The molecule has 0 radical (unpaired) electrons. The van der Waals surface area contributed by atoms with E-state index in [4.69, 9.17) is 10.8 Å². The van der Waals surface area contributed by atoms with E-state index in [0.717, 1.165) is 0 Å². The summed E-state index contributed by atoms with van der Waals surface area (Å²) >= 11 is 0. The van der Waals surface area contributed by atoms with Crippen molar-refractivity contribution in [1.82, 2.24) is 20.6 Å². The molecular weight excluding hydrogens is 214 g/mol. The molecule has 0 fully saturated rings. The normalized spacial score (nSPS) is 9.50. The molecular formula is C8H11N5O3. The molecule has 86 valence electrons. The zero-order valence-corrected chi connectivity index (χ0v) is 8.30. The summed E-state index contributed by atoms with van der Waals surface area (Å²) in [5.41, 5.74) is 5.41. The van der Waals surface area contributed by atoms with Gasteiger partial charge in [-0.2, -0.15) is 0 Å². The van der Waals surface area contributed by atoms with Gasteiger partial charge in [0, 0.05) is 6.20 Å². The zero-order valence-electron chi connectivity index (χ0n) is 8.30. The van der Waals surface area contributed by atoms with E-state index in [0.29, 0.717) is 11.6 Å². The lowest BCUT2D eigenvalue weighted by molar-refractivity contribution is -0.120. The van der Waals surface area contributed by atoms with Crippen LogP contribution in [-0.2, 0) is 11.3 Å². The van der Waals surface area contributed by atoms with Crippen LogP contribution >= 0.6 is 0 Å². The Balaban J connectivity index is 2.34. The Bertz CT molecular complexity index is 395. The summed E-state index contributed by atoms with van der Waals surface area (Å²) < 4.78 is 0. The van der Waals surface area contributed by atoms with Crippen molar-refractivity contribution < 1.29 is 14.7 Å². The van der Waals surface area contributed by atoms with Gasteiger partial charge in [0.05, 0.1) is 13.1 Å². The fourth-order valence-electron chi connectivity index (χ4n) is 0.896. The van der Waals surface area contributed by atoms with Crippen molar-refractivity contribution >= 4 is 17.8 Å². The summed E-state index contributed by atoms with van der Waals surface area (Å²) in [5.74, 6) is 0.208. The first kappa shape index (κ1) is 11.7. The van der Waals surface area contributed by atoms with Gasteiger partial charge in [-0.05, 0) is 6.07 Å². The minimum atomic E-state index is -1.25. The maximum absolute atomic E-state index is 11.1. The number of hydrogen-bond donors (Lipinski definition) is 4. The molecule has 0 saturated carbocycles. The van der Waals surface area contributed by atoms with Crippen molar-refractivity contribution in [2.45, 2.75) is 6.54 Å². The summed E-state index contributed by atoms with van der Waals surface area (Å²) in [6, 6.07) is 1.53. The quantitative estimate of drug-likeness (QED) is 0.516. The fourth-order valence-corrected chi connectivity index (χ4v) is 0.896. The van der Waals surface area contributed by atoms with E-state index in [1.807, 2.05) is 5.32 Å². The molecule has 5 N–H and O–H groups in total. The lowest BCUT2D eigenvalue weighted by Gasteiger charge is -2.04. The molecule has 0 aliphatic heterocycles.